The number of amides is 1. The van der Waals surface area contributed by atoms with E-state index in [1.165, 1.54) is 24.8 Å². The van der Waals surface area contributed by atoms with Gasteiger partial charge in [0, 0.05) is 25.2 Å². The quantitative estimate of drug-likeness (QED) is 0.828. The monoisotopic (exact) mass is 343 g/mol. The van der Waals surface area contributed by atoms with Crippen LogP contribution in [-0.4, -0.2) is 46.9 Å². The number of carbonyl (C=O) groups is 1. The maximum Gasteiger partial charge on any atom is 0.240 e. The number of benzene rings is 1. The molecule has 0 bridgehead atoms. The van der Waals surface area contributed by atoms with E-state index in [9.17, 15) is 4.79 Å². The number of nitrogens with zero attached hydrogens (tertiary/aromatic N) is 2. The zero-order chi connectivity index (χ0) is 17.8. The summed E-state index contributed by atoms with van der Waals surface area (Å²) in [5.41, 5.74) is 7.54. The third-order valence-corrected chi connectivity index (χ3v) is 5.66. The van der Waals surface area contributed by atoms with Gasteiger partial charge in [-0.2, -0.15) is 0 Å². The van der Waals surface area contributed by atoms with Crippen LogP contribution in [0.25, 0.3) is 0 Å². The highest BCUT2D eigenvalue weighted by atomic mass is 16.2. The molecule has 1 aromatic carbocycles. The Labute approximate surface area is 152 Å². The molecule has 1 heterocycles. The van der Waals surface area contributed by atoms with E-state index in [0.717, 1.165) is 32.5 Å². The zero-order valence-electron chi connectivity index (χ0n) is 15.7. The van der Waals surface area contributed by atoms with Crippen molar-refractivity contribution in [1.29, 1.82) is 0 Å². The average Bonchev–Trinajstić information content (AvgIpc) is 3.45. The van der Waals surface area contributed by atoms with Gasteiger partial charge in [0.15, 0.2) is 0 Å². The molecular formula is C21H33N3O. The molecule has 2 atom stereocenters. The summed E-state index contributed by atoms with van der Waals surface area (Å²) < 4.78 is 0. The zero-order valence-corrected chi connectivity index (χ0v) is 15.7. The van der Waals surface area contributed by atoms with Gasteiger partial charge in [-0.1, -0.05) is 50.6 Å². The lowest BCUT2D eigenvalue weighted by Gasteiger charge is -2.39. The highest BCUT2D eigenvalue weighted by molar-refractivity contribution is 5.82. The van der Waals surface area contributed by atoms with E-state index in [0.29, 0.717) is 12.1 Å². The molecule has 25 heavy (non-hydrogen) atoms. The number of rotatable bonds is 7. The van der Waals surface area contributed by atoms with Gasteiger partial charge in [0.1, 0.15) is 0 Å². The molecular weight excluding hydrogens is 310 g/mol. The van der Waals surface area contributed by atoms with E-state index in [-0.39, 0.29) is 17.9 Å². The fourth-order valence-corrected chi connectivity index (χ4v) is 3.80. The van der Waals surface area contributed by atoms with Crippen LogP contribution in [-0.2, 0) is 11.3 Å². The van der Waals surface area contributed by atoms with Gasteiger partial charge in [0.25, 0.3) is 0 Å². The van der Waals surface area contributed by atoms with Crippen LogP contribution in [0.4, 0.5) is 0 Å². The van der Waals surface area contributed by atoms with E-state index < -0.39 is 0 Å². The van der Waals surface area contributed by atoms with Crippen LogP contribution < -0.4 is 5.73 Å². The van der Waals surface area contributed by atoms with Crippen molar-refractivity contribution in [3.05, 3.63) is 35.9 Å². The van der Waals surface area contributed by atoms with Gasteiger partial charge in [0.05, 0.1) is 6.04 Å². The summed E-state index contributed by atoms with van der Waals surface area (Å²) in [6, 6.07) is 11.2. The van der Waals surface area contributed by atoms with Crippen LogP contribution in [0.5, 0.6) is 0 Å². The normalized spacial score (nSPS) is 22.8. The van der Waals surface area contributed by atoms with Crippen LogP contribution in [0.1, 0.15) is 51.5 Å². The molecule has 2 fully saturated rings. The second-order valence-corrected chi connectivity index (χ2v) is 8.10. The maximum atomic E-state index is 12.9. The van der Waals surface area contributed by atoms with Crippen molar-refractivity contribution in [3.63, 3.8) is 0 Å². The number of hydrogen-bond acceptors (Lipinski definition) is 3. The molecule has 0 spiro atoms. The summed E-state index contributed by atoms with van der Waals surface area (Å²) in [5.74, 6) is 0.350. The Kier molecular flexibility index (Phi) is 6.13. The third-order valence-electron chi connectivity index (χ3n) is 5.66. The summed E-state index contributed by atoms with van der Waals surface area (Å²) in [4.78, 5) is 17.6. The van der Waals surface area contributed by atoms with Crippen LogP contribution in [0.2, 0.25) is 0 Å². The minimum Gasteiger partial charge on any atom is -0.337 e. The van der Waals surface area contributed by atoms with Gasteiger partial charge in [-0.15, -0.1) is 0 Å². The predicted molar refractivity (Wildman–Crippen MR) is 102 cm³/mol. The van der Waals surface area contributed by atoms with Crippen molar-refractivity contribution < 1.29 is 4.79 Å². The minimum absolute atomic E-state index is 0.155. The average molecular weight is 344 g/mol. The molecule has 138 valence electrons. The lowest BCUT2D eigenvalue weighted by atomic mass is 9.99. The molecule has 4 heteroatoms. The summed E-state index contributed by atoms with van der Waals surface area (Å²) in [7, 11) is 0. The third kappa shape index (κ3) is 4.83. The molecule has 1 aliphatic heterocycles. The lowest BCUT2D eigenvalue weighted by molar-refractivity contribution is -0.135. The standard InChI is InChI=1S/C21H33N3O/c1-16(2)20(22)21(25)24(18-11-12-18)15-19-10-6-7-13-23(19)14-17-8-4-3-5-9-17/h3-5,8-9,16,18-20H,6-7,10-15,22H2,1-2H3/t19?,20-/m0/s1. The molecule has 1 saturated heterocycles. The molecule has 2 N–H and O–H groups in total. The second-order valence-electron chi connectivity index (χ2n) is 8.10. The van der Waals surface area contributed by atoms with Gasteiger partial charge in [-0.25, -0.2) is 0 Å². The van der Waals surface area contributed by atoms with Crippen LogP contribution >= 0.6 is 0 Å². The second kappa shape index (κ2) is 8.33. The molecule has 1 aromatic rings. The Morgan fingerprint density at radius 1 is 1.20 bits per heavy atom. The molecule has 2 aliphatic rings. The minimum atomic E-state index is -0.369. The van der Waals surface area contributed by atoms with Crippen molar-refractivity contribution in [2.75, 3.05) is 13.1 Å². The SMILES string of the molecule is CC(C)[C@H](N)C(=O)N(CC1CCCCN1Cc1ccccc1)C1CC1. The van der Waals surface area contributed by atoms with Gasteiger partial charge >= 0.3 is 0 Å². The summed E-state index contributed by atoms with van der Waals surface area (Å²) >= 11 is 0. The Morgan fingerprint density at radius 3 is 2.56 bits per heavy atom. The lowest BCUT2D eigenvalue weighted by Crippen LogP contribution is -2.53. The van der Waals surface area contributed by atoms with Crippen molar-refractivity contribution in [2.45, 2.75) is 70.6 Å². The summed E-state index contributed by atoms with van der Waals surface area (Å²) in [6.07, 6.45) is 5.98. The Bertz CT molecular complexity index is 556. The molecule has 4 nitrogen and oxygen atoms in total. The van der Waals surface area contributed by atoms with E-state index in [4.69, 9.17) is 5.73 Å². The molecule has 3 rings (SSSR count). The molecule has 1 aliphatic carbocycles. The van der Waals surface area contributed by atoms with Crippen molar-refractivity contribution in [3.8, 4) is 0 Å². The van der Waals surface area contributed by atoms with Crippen molar-refractivity contribution in [1.82, 2.24) is 9.80 Å². The Balaban J connectivity index is 1.67. The number of carbonyl (C=O) groups excluding carboxylic acids is 1. The maximum absolute atomic E-state index is 12.9. The van der Waals surface area contributed by atoms with Crippen molar-refractivity contribution >= 4 is 5.91 Å². The van der Waals surface area contributed by atoms with Gasteiger partial charge in [0.2, 0.25) is 5.91 Å². The number of hydrogen-bond donors (Lipinski definition) is 1. The summed E-state index contributed by atoms with van der Waals surface area (Å²) in [5, 5.41) is 0. The molecule has 1 saturated carbocycles. The van der Waals surface area contributed by atoms with E-state index in [2.05, 4.69) is 40.1 Å². The number of piperidine rings is 1. The van der Waals surface area contributed by atoms with E-state index >= 15 is 0 Å². The largest absolute Gasteiger partial charge is 0.337 e. The first-order valence-corrected chi connectivity index (χ1v) is 9.90. The van der Waals surface area contributed by atoms with Crippen LogP contribution in [0.15, 0.2) is 30.3 Å². The first kappa shape index (κ1) is 18.4. The van der Waals surface area contributed by atoms with Gasteiger partial charge in [-0.3, -0.25) is 9.69 Å². The summed E-state index contributed by atoms with van der Waals surface area (Å²) in [6.45, 7) is 7.03. The van der Waals surface area contributed by atoms with Gasteiger partial charge < -0.3 is 10.6 Å². The highest BCUT2D eigenvalue weighted by Gasteiger charge is 2.38. The number of likely N-dealkylation sites (tertiary alicyclic amines) is 1. The molecule has 0 aromatic heterocycles. The highest BCUT2D eigenvalue weighted by Crippen LogP contribution is 2.30. The van der Waals surface area contributed by atoms with E-state index in [1.54, 1.807) is 0 Å². The van der Waals surface area contributed by atoms with Gasteiger partial charge in [-0.05, 0) is 43.7 Å². The van der Waals surface area contributed by atoms with Crippen LogP contribution in [0.3, 0.4) is 0 Å². The Hall–Kier alpha value is -1.39. The van der Waals surface area contributed by atoms with Crippen molar-refractivity contribution in [2.24, 2.45) is 11.7 Å². The molecule has 0 radical (unpaired) electrons. The fraction of sp³-hybridized carbons (Fsp3) is 0.667. The molecule has 1 unspecified atom stereocenters. The van der Waals surface area contributed by atoms with E-state index in [1.807, 2.05) is 13.8 Å². The Morgan fingerprint density at radius 2 is 1.92 bits per heavy atom. The smallest absolute Gasteiger partial charge is 0.240 e. The number of nitrogens with two attached hydrogens (primary N) is 1. The fourth-order valence-electron chi connectivity index (χ4n) is 3.80. The predicted octanol–water partition coefficient (Wildman–Crippen LogP) is 3.02. The van der Waals surface area contributed by atoms with Crippen LogP contribution in [0, 0.1) is 5.92 Å². The molecule has 1 amide bonds. The topological polar surface area (TPSA) is 49.6 Å². The first-order chi connectivity index (χ1) is 12.1. The first-order valence-electron chi connectivity index (χ1n) is 9.90.